The highest BCUT2D eigenvalue weighted by atomic mass is 19.4. The van der Waals surface area contributed by atoms with Crippen LogP contribution in [-0.2, 0) is 4.79 Å². The Kier molecular flexibility index (Phi) is 3.53. The lowest BCUT2D eigenvalue weighted by Crippen LogP contribution is -2.20. The van der Waals surface area contributed by atoms with Crippen LogP contribution < -0.4 is 0 Å². The minimum Gasteiger partial charge on any atom is -0.507 e. The third-order valence-corrected chi connectivity index (χ3v) is 1.83. The zero-order chi connectivity index (χ0) is 13.1. The average molecular weight is 241 g/mol. The largest absolute Gasteiger partial charge is 0.507 e. The molecule has 0 amide bonds. The molecule has 0 aromatic heterocycles. The fourth-order valence-corrected chi connectivity index (χ4v) is 1.04. The molecule has 0 aliphatic rings. The highest BCUT2D eigenvalue weighted by Gasteiger charge is 2.36. The SMILES string of the molecule is N#Cc1cccc(C(O)=CC(=O)C(F)(F)F)c1. The van der Waals surface area contributed by atoms with E-state index < -0.39 is 17.7 Å². The first kappa shape index (κ1) is 12.8. The Morgan fingerprint density at radius 2 is 2.06 bits per heavy atom. The van der Waals surface area contributed by atoms with Crippen LogP contribution in [0.3, 0.4) is 0 Å². The van der Waals surface area contributed by atoms with Crippen LogP contribution in [-0.4, -0.2) is 17.1 Å². The quantitative estimate of drug-likeness (QED) is 0.639. The first-order chi connectivity index (χ1) is 7.84. The molecule has 17 heavy (non-hydrogen) atoms. The Balaban J connectivity index is 3.05. The summed E-state index contributed by atoms with van der Waals surface area (Å²) in [6.07, 6.45) is -4.95. The molecule has 0 heterocycles. The maximum absolute atomic E-state index is 11.9. The van der Waals surface area contributed by atoms with Crippen molar-refractivity contribution >= 4 is 11.5 Å². The zero-order valence-corrected chi connectivity index (χ0v) is 8.32. The van der Waals surface area contributed by atoms with Crippen LogP contribution >= 0.6 is 0 Å². The van der Waals surface area contributed by atoms with Crippen LogP contribution in [0.1, 0.15) is 11.1 Å². The molecule has 0 saturated heterocycles. The Bertz CT molecular complexity index is 512. The van der Waals surface area contributed by atoms with Crippen molar-refractivity contribution in [3.63, 3.8) is 0 Å². The highest BCUT2D eigenvalue weighted by molar-refractivity contribution is 5.99. The summed E-state index contributed by atoms with van der Waals surface area (Å²) in [5.74, 6) is -2.98. The molecule has 0 unspecified atom stereocenters. The van der Waals surface area contributed by atoms with Gasteiger partial charge < -0.3 is 5.11 Å². The van der Waals surface area contributed by atoms with Crippen molar-refractivity contribution in [2.75, 3.05) is 0 Å². The van der Waals surface area contributed by atoms with Crippen LogP contribution in [0.25, 0.3) is 5.76 Å². The molecule has 88 valence electrons. The smallest absolute Gasteiger partial charge is 0.454 e. The molecule has 1 aromatic carbocycles. The Morgan fingerprint density at radius 1 is 1.41 bits per heavy atom. The third kappa shape index (κ3) is 3.34. The minimum absolute atomic E-state index is 0.0263. The van der Waals surface area contributed by atoms with E-state index >= 15 is 0 Å². The number of carbonyl (C=O) groups is 1. The van der Waals surface area contributed by atoms with Gasteiger partial charge in [-0.3, -0.25) is 4.79 Å². The van der Waals surface area contributed by atoms with Gasteiger partial charge in [0, 0.05) is 11.6 Å². The second-order valence-corrected chi connectivity index (χ2v) is 3.08. The number of hydrogen-bond acceptors (Lipinski definition) is 3. The van der Waals surface area contributed by atoms with Gasteiger partial charge in [0.15, 0.2) is 0 Å². The molecular formula is C11H6F3NO2. The summed E-state index contributed by atoms with van der Waals surface area (Å²) in [6.45, 7) is 0. The highest BCUT2D eigenvalue weighted by Crippen LogP contribution is 2.20. The topological polar surface area (TPSA) is 61.1 Å². The van der Waals surface area contributed by atoms with Crippen molar-refractivity contribution in [1.29, 1.82) is 5.26 Å². The molecule has 1 rings (SSSR count). The molecule has 0 spiro atoms. The van der Waals surface area contributed by atoms with Crippen LogP contribution in [0.15, 0.2) is 30.3 Å². The van der Waals surface area contributed by atoms with Crippen LogP contribution in [0.2, 0.25) is 0 Å². The molecule has 1 N–H and O–H groups in total. The number of ketones is 1. The van der Waals surface area contributed by atoms with E-state index in [1.807, 2.05) is 0 Å². The number of aliphatic hydroxyl groups is 1. The molecule has 0 atom stereocenters. The number of rotatable bonds is 2. The Hall–Kier alpha value is -2.29. The molecule has 0 saturated carbocycles. The molecule has 0 bridgehead atoms. The van der Waals surface area contributed by atoms with Gasteiger partial charge in [0.1, 0.15) is 5.76 Å². The molecule has 0 aliphatic heterocycles. The fourth-order valence-electron chi connectivity index (χ4n) is 1.04. The maximum atomic E-state index is 11.9. The van der Waals surface area contributed by atoms with Gasteiger partial charge in [-0.05, 0) is 12.1 Å². The van der Waals surface area contributed by atoms with Gasteiger partial charge in [-0.15, -0.1) is 0 Å². The summed E-state index contributed by atoms with van der Waals surface area (Å²) in [7, 11) is 0. The molecule has 0 fully saturated rings. The number of nitriles is 1. The standard InChI is InChI=1S/C11H6F3NO2/c12-11(13,14)10(17)5-9(16)8-3-1-2-7(4-8)6-15/h1-5,16H. The van der Waals surface area contributed by atoms with Gasteiger partial charge in [-0.2, -0.15) is 18.4 Å². The minimum atomic E-state index is -5.03. The first-order valence-corrected chi connectivity index (χ1v) is 4.37. The van der Waals surface area contributed by atoms with Crippen LogP contribution in [0.5, 0.6) is 0 Å². The van der Waals surface area contributed by atoms with E-state index in [9.17, 15) is 23.1 Å². The number of aliphatic hydroxyl groups excluding tert-OH is 1. The summed E-state index contributed by atoms with van der Waals surface area (Å²) in [6, 6.07) is 7.03. The predicted molar refractivity (Wildman–Crippen MR) is 52.8 cm³/mol. The number of allylic oxidation sites excluding steroid dienone is 1. The summed E-state index contributed by atoms with van der Waals surface area (Å²) in [4.78, 5) is 10.6. The normalized spacial score (nSPS) is 12.0. The van der Waals surface area contributed by atoms with E-state index in [0.29, 0.717) is 0 Å². The second kappa shape index (κ2) is 4.70. The summed E-state index contributed by atoms with van der Waals surface area (Å²) in [5, 5.41) is 17.9. The van der Waals surface area contributed by atoms with E-state index in [-0.39, 0.29) is 17.2 Å². The lowest BCUT2D eigenvalue weighted by atomic mass is 10.1. The number of nitrogens with zero attached hydrogens (tertiary/aromatic N) is 1. The summed E-state index contributed by atoms with van der Waals surface area (Å²) >= 11 is 0. The van der Waals surface area contributed by atoms with Gasteiger partial charge in [0.2, 0.25) is 0 Å². The van der Waals surface area contributed by atoms with Crippen molar-refractivity contribution < 1.29 is 23.1 Å². The average Bonchev–Trinajstić information content (AvgIpc) is 2.27. The summed E-state index contributed by atoms with van der Waals surface area (Å²) in [5.41, 5.74) is 0.142. The van der Waals surface area contributed by atoms with Crippen molar-refractivity contribution in [3.05, 3.63) is 41.5 Å². The van der Waals surface area contributed by atoms with Gasteiger partial charge in [-0.1, -0.05) is 12.1 Å². The lowest BCUT2D eigenvalue weighted by molar-refractivity contribution is -0.165. The van der Waals surface area contributed by atoms with E-state index in [2.05, 4.69) is 0 Å². The third-order valence-electron chi connectivity index (χ3n) is 1.83. The Labute approximate surface area is 94.4 Å². The molecular weight excluding hydrogens is 235 g/mol. The molecule has 0 aliphatic carbocycles. The molecule has 0 radical (unpaired) electrons. The number of alkyl halides is 3. The first-order valence-electron chi connectivity index (χ1n) is 4.37. The lowest BCUT2D eigenvalue weighted by Gasteiger charge is -2.03. The van der Waals surface area contributed by atoms with Gasteiger partial charge in [-0.25, -0.2) is 0 Å². The van der Waals surface area contributed by atoms with Gasteiger partial charge >= 0.3 is 6.18 Å². The second-order valence-electron chi connectivity index (χ2n) is 3.08. The van der Waals surface area contributed by atoms with Crippen molar-refractivity contribution in [2.45, 2.75) is 6.18 Å². The van der Waals surface area contributed by atoms with Crippen molar-refractivity contribution in [2.24, 2.45) is 0 Å². The van der Waals surface area contributed by atoms with E-state index in [4.69, 9.17) is 5.26 Å². The molecule has 3 nitrogen and oxygen atoms in total. The van der Waals surface area contributed by atoms with Crippen molar-refractivity contribution in [1.82, 2.24) is 0 Å². The van der Waals surface area contributed by atoms with Crippen LogP contribution in [0.4, 0.5) is 13.2 Å². The number of halogens is 3. The molecule has 6 heteroatoms. The molecule has 1 aromatic rings. The van der Waals surface area contributed by atoms with Crippen molar-refractivity contribution in [3.8, 4) is 6.07 Å². The maximum Gasteiger partial charge on any atom is 0.454 e. The summed E-state index contributed by atoms with van der Waals surface area (Å²) < 4.78 is 35.7. The number of benzene rings is 1. The number of hydrogen-bond donors (Lipinski definition) is 1. The van der Waals surface area contributed by atoms with Crippen LogP contribution in [0, 0.1) is 11.3 Å². The fraction of sp³-hybridized carbons (Fsp3) is 0.0909. The van der Waals surface area contributed by atoms with E-state index in [0.717, 1.165) is 0 Å². The van der Waals surface area contributed by atoms with E-state index in [1.165, 1.54) is 24.3 Å². The predicted octanol–water partition coefficient (Wildman–Crippen LogP) is 2.59. The van der Waals surface area contributed by atoms with Gasteiger partial charge in [0.25, 0.3) is 5.78 Å². The zero-order valence-electron chi connectivity index (χ0n) is 8.32. The van der Waals surface area contributed by atoms with E-state index in [1.54, 1.807) is 6.07 Å². The monoisotopic (exact) mass is 241 g/mol. The van der Waals surface area contributed by atoms with Gasteiger partial charge in [0.05, 0.1) is 11.6 Å². The number of carbonyl (C=O) groups excluding carboxylic acids is 1. The Morgan fingerprint density at radius 3 is 2.59 bits per heavy atom.